The van der Waals surface area contributed by atoms with Gasteiger partial charge in [0.15, 0.2) is 0 Å². The van der Waals surface area contributed by atoms with Crippen LogP contribution in [0.3, 0.4) is 0 Å². The zero-order valence-corrected chi connectivity index (χ0v) is 19.5. The van der Waals surface area contributed by atoms with Crippen molar-refractivity contribution < 1.29 is 14.3 Å². The molecule has 0 spiro atoms. The van der Waals surface area contributed by atoms with Gasteiger partial charge in [-0.05, 0) is 37.1 Å². The van der Waals surface area contributed by atoms with E-state index in [1.165, 1.54) is 18.3 Å². The van der Waals surface area contributed by atoms with Gasteiger partial charge < -0.3 is 19.9 Å². The average Bonchev–Trinajstić information content (AvgIpc) is 3.36. The fourth-order valence-electron chi connectivity index (χ4n) is 3.87. The Kier molecular flexibility index (Phi) is 7.19. The topological polar surface area (TPSA) is 87.7 Å². The smallest absolute Gasteiger partial charge is 0.410 e. The molecule has 2 amide bonds. The number of benzene rings is 1. The Labute approximate surface area is 197 Å². The zero-order valence-electron chi connectivity index (χ0n) is 18.7. The van der Waals surface area contributed by atoms with Gasteiger partial charge in [0.05, 0.1) is 16.9 Å². The Morgan fingerprint density at radius 3 is 2.61 bits per heavy atom. The third-order valence-corrected chi connectivity index (χ3v) is 6.32. The minimum absolute atomic E-state index is 0.0929. The molecule has 172 valence electrons. The second-order valence-corrected chi connectivity index (χ2v) is 8.72. The molecule has 1 fully saturated rings. The Hall–Kier alpha value is -3.46. The van der Waals surface area contributed by atoms with E-state index in [0.717, 1.165) is 54.4 Å². The van der Waals surface area contributed by atoms with E-state index >= 15 is 0 Å². The van der Waals surface area contributed by atoms with Crippen molar-refractivity contribution in [1.29, 1.82) is 0 Å². The van der Waals surface area contributed by atoms with Crippen LogP contribution in [0, 0.1) is 0 Å². The minimum Gasteiger partial charge on any atom is -0.443 e. The molecule has 0 atom stereocenters. The molecule has 1 N–H and O–H groups in total. The molecule has 3 aromatic rings. The molecule has 2 aromatic heterocycles. The monoisotopic (exact) mass is 465 g/mol. The van der Waals surface area contributed by atoms with Gasteiger partial charge in [0.1, 0.15) is 12.4 Å². The Balaban J connectivity index is 1.33. The van der Waals surface area contributed by atoms with Crippen molar-refractivity contribution >= 4 is 34.8 Å². The Morgan fingerprint density at radius 1 is 1.18 bits per heavy atom. The predicted octanol–water partition coefficient (Wildman–Crippen LogP) is 4.40. The lowest BCUT2D eigenvalue weighted by Gasteiger charge is -2.36. The van der Waals surface area contributed by atoms with Crippen molar-refractivity contribution in [3.63, 3.8) is 0 Å². The lowest BCUT2D eigenvalue weighted by Crippen LogP contribution is -2.46. The normalized spacial score (nSPS) is 14.1. The van der Waals surface area contributed by atoms with Crippen LogP contribution in [-0.2, 0) is 16.1 Å². The minimum atomic E-state index is -0.315. The van der Waals surface area contributed by atoms with Crippen LogP contribution in [0.25, 0.3) is 11.3 Å². The van der Waals surface area contributed by atoms with E-state index in [1.54, 1.807) is 17.5 Å². The van der Waals surface area contributed by atoms with E-state index in [9.17, 15) is 9.59 Å². The van der Waals surface area contributed by atoms with Gasteiger partial charge in [0.25, 0.3) is 0 Å². The molecule has 33 heavy (non-hydrogen) atoms. The number of hydrogen-bond donors (Lipinski definition) is 1. The van der Waals surface area contributed by atoms with E-state index in [2.05, 4.69) is 15.2 Å². The van der Waals surface area contributed by atoms with Crippen molar-refractivity contribution in [2.45, 2.75) is 32.4 Å². The predicted molar refractivity (Wildman–Crippen MR) is 129 cm³/mol. The van der Waals surface area contributed by atoms with E-state index in [1.807, 2.05) is 47.8 Å². The van der Waals surface area contributed by atoms with Crippen LogP contribution in [0.15, 0.2) is 53.4 Å². The highest BCUT2D eigenvalue weighted by atomic mass is 32.1. The van der Waals surface area contributed by atoms with Gasteiger partial charge >= 0.3 is 6.09 Å². The lowest BCUT2D eigenvalue weighted by molar-refractivity contribution is -0.114. The van der Waals surface area contributed by atoms with E-state index in [-0.39, 0.29) is 24.6 Å². The molecule has 1 aromatic carbocycles. The van der Waals surface area contributed by atoms with Gasteiger partial charge in [-0.25, -0.2) is 14.8 Å². The summed E-state index contributed by atoms with van der Waals surface area (Å²) in [5.74, 6) is 0.829. The summed E-state index contributed by atoms with van der Waals surface area (Å²) in [7, 11) is 1.80. The van der Waals surface area contributed by atoms with Crippen molar-refractivity contribution in [3.8, 4) is 11.3 Å². The molecule has 1 aliphatic heterocycles. The first-order valence-electron chi connectivity index (χ1n) is 10.9. The highest BCUT2D eigenvalue weighted by Crippen LogP contribution is 2.25. The molecule has 3 heterocycles. The van der Waals surface area contributed by atoms with Gasteiger partial charge in [-0.2, -0.15) is 0 Å². The number of aromatic nitrogens is 2. The van der Waals surface area contributed by atoms with Crippen molar-refractivity contribution in [1.82, 2.24) is 14.9 Å². The number of amides is 2. The molecule has 4 rings (SSSR count). The summed E-state index contributed by atoms with van der Waals surface area (Å²) < 4.78 is 5.39. The molecule has 0 bridgehead atoms. The SMILES string of the molecule is CC(=O)Nc1ccc(-c2cccc(N3CCC(N(C)C(=O)OCc4cscn4)CC3)n2)cc1. The van der Waals surface area contributed by atoms with Crippen LogP contribution >= 0.6 is 11.3 Å². The first-order chi connectivity index (χ1) is 16.0. The number of nitrogens with zero attached hydrogens (tertiary/aromatic N) is 4. The molecule has 0 radical (unpaired) electrons. The third kappa shape index (κ3) is 5.87. The van der Waals surface area contributed by atoms with Gasteiger partial charge in [0.2, 0.25) is 5.91 Å². The molecular formula is C24H27N5O3S. The maximum atomic E-state index is 12.4. The fraction of sp³-hybridized carbons (Fsp3) is 0.333. The summed E-state index contributed by atoms with van der Waals surface area (Å²) in [6, 6.07) is 13.8. The first kappa shape index (κ1) is 22.7. The summed E-state index contributed by atoms with van der Waals surface area (Å²) in [5.41, 5.74) is 5.13. The number of nitrogens with one attached hydrogen (secondary N) is 1. The molecule has 8 nitrogen and oxygen atoms in total. The lowest BCUT2D eigenvalue weighted by atomic mass is 10.0. The number of hydrogen-bond acceptors (Lipinski definition) is 7. The Morgan fingerprint density at radius 2 is 1.94 bits per heavy atom. The number of carbonyl (C=O) groups excluding carboxylic acids is 2. The Bertz CT molecular complexity index is 1080. The van der Waals surface area contributed by atoms with E-state index in [0.29, 0.717) is 0 Å². The van der Waals surface area contributed by atoms with Crippen molar-refractivity contribution in [2.75, 3.05) is 30.4 Å². The van der Waals surface area contributed by atoms with Crippen LogP contribution in [0.1, 0.15) is 25.5 Å². The van der Waals surface area contributed by atoms with Crippen LogP contribution in [-0.4, -0.2) is 53.0 Å². The van der Waals surface area contributed by atoms with Gasteiger partial charge in [-0.1, -0.05) is 18.2 Å². The summed E-state index contributed by atoms with van der Waals surface area (Å²) >= 11 is 1.49. The summed E-state index contributed by atoms with van der Waals surface area (Å²) in [5, 5.41) is 4.65. The number of thiazole rings is 1. The van der Waals surface area contributed by atoms with Crippen LogP contribution in [0.4, 0.5) is 16.3 Å². The molecule has 0 saturated carbocycles. The van der Waals surface area contributed by atoms with Crippen molar-refractivity contribution in [2.24, 2.45) is 0 Å². The quantitative estimate of drug-likeness (QED) is 0.581. The summed E-state index contributed by atoms with van der Waals surface area (Å²) in [4.78, 5) is 36.6. The highest BCUT2D eigenvalue weighted by Gasteiger charge is 2.27. The maximum absolute atomic E-state index is 12.4. The average molecular weight is 466 g/mol. The van der Waals surface area contributed by atoms with Crippen LogP contribution in [0.2, 0.25) is 0 Å². The number of ether oxygens (including phenoxy) is 1. The molecule has 9 heteroatoms. The van der Waals surface area contributed by atoms with Crippen molar-refractivity contribution in [3.05, 3.63) is 59.0 Å². The maximum Gasteiger partial charge on any atom is 0.410 e. The van der Waals surface area contributed by atoms with E-state index in [4.69, 9.17) is 9.72 Å². The third-order valence-electron chi connectivity index (χ3n) is 5.69. The van der Waals surface area contributed by atoms with E-state index < -0.39 is 0 Å². The summed E-state index contributed by atoms with van der Waals surface area (Å²) in [6.07, 6.45) is 1.38. The number of rotatable bonds is 6. The number of anilines is 2. The first-order valence-corrected chi connectivity index (χ1v) is 11.8. The molecule has 0 unspecified atom stereocenters. The zero-order chi connectivity index (χ0) is 23.2. The number of pyridine rings is 1. The number of carbonyl (C=O) groups is 2. The van der Waals surface area contributed by atoms with Gasteiger partial charge in [-0.3, -0.25) is 4.79 Å². The molecule has 0 aliphatic carbocycles. The van der Waals surface area contributed by atoms with Crippen LogP contribution < -0.4 is 10.2 Å². The van der Waals surface area contributed by atoms with Crippen LogP contribution in [0.5, 0.6) is 0 Å². The molecule has 1 aliphatic rings. The highest BCUT2D eigenvalue weighted by molar-refractivity contribution is 7.07. The van der Waals surface area contributed by atoms with Gasteiger partial charge in [0, 0.05) is 49.7 Å². The fourth-order valence-corrected chi connectivity index (χ4v) is 4.41. The molecule has 1 saturated heterocycles. The second kappa shape index (κ2) is 10.4. The van der Waals surface area contributed by atoms with Gasteiger partial charge in [-0.15, -0.1) is 11.3 Å². The standard InChI is InChI=1S/C24H27N5O3S/c1-17(30)26-19-8-6-18(7-9-19)22-4-3-5-23(27-22)29-12-10-21(11-13-29)28(2)24(31)32-14-20-15-33-16-25-20/h3-9,15-16,21H,10-14H2,1-2H3,(H,26,30). The molecular weight excluding hydrogens is 438 g/mol. The second-order valence-electron chi connectivity index (χ2n) is 8.00. The largest absolute Gasteiger partial charge is 0.443 e. The summed E-state index contributed by atoms with van der Waals surface area (Å²) in [6.45, 7) is 3.32. The number of piperidine rings is 1.